The van der Waals surface area contributed by atoms with Gasteiger partial charge in [0.05, 0.1) is 5.56 Å². The van der Waals surface area contributed by atoms with Gasteiger partial charge in [0.1, 0.15) is 0 Å². The van der Waals surface area contributed by atoms with Gasteiger partial charge in [0.2, 0.25) is 6.08 Å². The van der Waals surface area contributed by atoms with E-state index in [-0.39, 0.29) is 11.4 Å². The Morgan fingerprint density at radius 2 is 1.76 bits per heavy atom. The van der Waals surface area contributed by atoms with E-state index in [1.54, 1.807) is 30.3 Å². The Balaban J connectivity index is 2.81. The lowest BCUT2D eigenvalue weighted by Crippen LogP contribution is -2.23. The van der Waals surface area contributed by atoms with E-state index in [9.17, 15) is 14.4 Å². The smallest absolute Gasteiger partial charge is 0.291 e. The molecule has 2 aromatic rings. The van der Waals surface area contributed by atoms with Crippen molar-refractivity contribution in [2.24, 2.45) is 4.99 Å². The third-order valence-electron chi connectivity index (χ3n) is 2.14. The zero-order valence-electron chi connectivity index (χ0n) is 8.56. The fraction of sp³-hybridized carbons (Fsp3) is 0. The molecule has 0 bridgehead atoms. The van der Waals surface area contributed by atoms with E-state index in [1.807, 2.05) is 0 Å². The lowest BCUT2D eigenvalue weighted by Gasteiger charge is -2.02. The molecule has 0 saturated heterocycles. The van der Waals surface area contributed by atoms with E-state index in [0.717, 1.165) is 0 Å². The van der Waals surface area contributed by atoms with Crippen LogP contribution in [0.25, 0.3) is 11.1 Å². The highest BCUT2D eigenvalue weighted by Gasteiger charge is 2.10. The number of hydrogen-bond acceptors (Lipinski definition) is 4. The van der Waals surface area contributed by atoms with Gasteiger partial charge >= 0.3 is 5.69 Å². The van der Waals surface area contributed by atoms with Crippen LogP contribution in [-0.4, -0.2) is 16.0 Å². The molecule has 1 heterocycles. The first-order valence-electron chi connectivity index (χ1n) is 4.72. The number of H-pyrrole nitrogens is 2. The molecule has 0 radical (unpaired) electrons. The lowest BCUT2D eigenvalue weighted by atomic mass is 10.1. The maximum atomic E-state index is 11.7. The first-order chi connectivity index (χ1) is 8.22. The summed E-state index contributed by atoms with van der Waals surface area (Å²) in [7, 11) is 0. The maximum absolute atomic E-state index is 11.7. The molecule has 84 valence electrons. The summed E-state index contributed by atoms with van der Waals surface area (Å²) in [5.74, 6) is -0.0973. The van der Waals surface area contributed by atoms with Crippen LogP contribution in [0.15, 0.2) is 44.9 Å². The third-order valence-corrected chi connectivity index (χ3v) is 2.14. The number of rotatable bonds is 2. The molecule has 17 heavy (non-hydrogen) atoms. The molecule has 1 aromatic carbocycles. The van der Waals surface area contributed by atoms with Crippen LogP contribution in [0.2, 0.25) is 0 Å². The summed E-state index contributed by atoms with van der Waals surface area (Å²) >= 11 is 0. The van der Waals surface area contributed by atoms with Gasteiger partial charge < -0.3 is 0 Å². The molecule has 0 aliphatic rings. The van der Waals surface area contributed by atoms with Gasteiger partial charge in [-0.1, -0.05) is 30.3 Å². The van der Waals surface area contributed by atoms with Crippen molar-refractivity contribution >= 4 is 11.9 Å². The summed E-state index contributed by atoms with van der Waals surface area (Å²) in [4.78, 5) is 40.7. The van der Waals surface area contributed by atoms with E-state index >= 15 is 0 Å². The highest BCUT2D eigenvalue weighted by atomic mass is 16.2. The van der Waals surface area contributed by atoms with Gasteiger partial charge in [-0.2, -0.15) is 0 Å². The van der Waals surface area contributed by atoms with Crippen LogP contribution in [0.5, 0.6) is 0 Å². The topological polar surface area (TPSA) is 95.2 Å². The number of aliphatic imine (C=N–C) groups is 1. The fourth-order valence-electron chi connectivity index (χ4n) is 1.48. The summed E-state index contributed by atoms with van der Waals surface area (Å²) in [6.07, 6.45) is 1.30. The van der Waals surface area contributed by atoms with Gasteiger partial charge in [0, 0.05) is 0 Å². The number of nitrogens with zero attached hydrogens (tertiary/aromatic N) is 1. The first kappa shape index (κ1) is 10.8. The Kier molecular flexibility index (Phi) is 2.81. The predicted octanol–water partition coefficient (Wildman–Crippen LogP) is 0.698. The number of aromatic nitrogens is 2. The molecule has 1 aromatic heterocycles. The summed E-state index contributed by atoms with van der Waals surface area (Å²) in [5, 5.41) is 0. The molecule has 0 spiro atoms. The van der Waals surface area contributed by atoms with Gasteiger partial charge in [-0.05, 0) is 5.56 Å². The highest BCUT2D eigenvalue weighted by Crippen LogP contribution is 2.22. The maximum Gasteiger partial charge on any atom is 0.327 e. The Bertz CT molecular complexity index is 694. The number of aromatic amines is 2. The molecular weight excluding hydrogens is 222 g/mol. The average molecular weight is 229 g/mol. The van der Waals surface area contributed by atoms with Crippen molar-refractivity contribution in [3.63, 3.8) is 0 Å². The van der Waals surface area contributed by atoms with Crippen molar-refractivity contribution in [3.8, 4) is 11.1 Å². The van der Waals surface area contributed by atoms with Crippen molar-refractivity contribution in [2.45, 2.75) is 0 Å². The molecule has 6 nitrogen and oxygen atoms in total. The number of nitrogens with one attached hydrogen (secondary N) is 2. The normalized spacial score (nSPS) is 9.65. The fourth-order valence-corrected chi connectivity index (χ4v) is 1.48. The van der Waals surface area contributed by atoms with Crippen molar-refractivity contribution in [2.75, 3.05) is 0 Å². The minimum absolute atomic E-state index is 0.0973. The largest absolute Gasteiger partial charge is 0.327 e. The zero-order valence-corrected chi connectivity index (χ0v) is 8.56. The molecule has 6 heteroatoms. The van der Waals surface area contributed by atoms with E-state index in [2.05, 4.69) is 15.0 Å². The molecule has 0 amide bonds. The Hall–Kier alpha value is -2.72. The quantitative estimate of drug-likeness (QED) is 0.586. The summed E-state index contributed by atoms with van der Waals surface area (Å²) in [6, 6.07) is 8.59. The van der Waals surface area contributed by atoms with Crippen LogP contribution >= 0.6 is 0 Å². The number of hydrogen-bond donors (Lipinski definition) is 2. The van der Waals surface area contributed by atoms with Crippen LogP contribution in [-0.2, 0) is 4.79 Å². The van der Waals surface area contributed by atoms with Crippen LogP contribution in [0.3, 0.4) is 0 Å². The second-order valence-corrected chi connectivity index (χ2v) is 3.20. The van der Waals surface area contributed by atoms with Crippen LogP contribution in [0.4, 0.5) is 5.82 Å². The number of benzene rings is 1. The minimum Gasteiger partial charge on any atom is -0.291 e. The number of carbonyl (C=O) groups excluding carboxylic acids is 1. The van der Waals surface area contributed by atoms with Crippen LogP contribution in [0, 0.1) is 0 Å². The Morgan fingerprint density at radius 3 is 2.41 bits per heavy atom. The van der Waals surface area contributed by atoms with Crippen molar-refractivity contribution in [3.05, 3.63) is 51.2 Å². The molecule has 0 aliphatic heterocycles. The second-order valence-electron chi connectivity index (χ2n) is 3.20. The molecular formula is C11H7N3O3. The van der Waals surface area contributed by atoms with Crippen molar-refractivity contribution < 1.29 is 4.79 Å². The van der Waals surface area contributed by atoms with Crippen molar-refractivity contribution in [1.82, 2.24) is 9.97 Å². The van der Waals surface area contributed by atoms with E-state index < -0.39 is 11.2 Å². The van der Waals surface area contributed by atoms with Gasteiger partial charge in [-0.25, -0.2) is 9.59 Å². The SMILES string of the molecule is O=C=Nc1[nH]c(=O)[nH]c(=O)c1-c1ccccc1. The summed E-state index contributed by atoms with van der Waals surface area (Å²) in [6.45, 7) is 0. The number of isocyanates is 1. The van der Waals surface area contributed by atoms with E-state index in [4.69, 9.17) is 0 Å². The standard InChI is InChI=1S/C11H7N3O3/c15-6-12-9-8(7-4-2-1-3-5-7)10(16)14-11(17)13-9/h1-5H,(H2,13,14,16,17). The molecule has 0 unspecified atom stereocenters. The van der Waals surface area contributed by atoms with Crippen LogP contribution < -0.4 is 11.2 Å². The van der Waals surface area contributed by atoms with Gasteiger partial charge in [0.25, 0.3) is 5.56 Å². The Labute approximate surface area is 94.7 Å². The summed E-state index contributed by atoms with van der Waals surface area (Å²) < 4.78 is 0. The minimum atomic E-state index is -0.719. The molecule has 2 N–H and O–H groups in total. The first-order valence-corrected chi connectivity index (χ1v) is 4.72. The predicted molar refractivity (Wildman–Crippen MR) is 60.9 cm³/mol. The van der Waals surface area contributed by atoms with Crippen molar-refractivity contribution in [1.29, 1.82) is 0 Å². The Morgan fingerprint density at radius 1 is 1.06 bits per heavy atom. The molecule has 0 aliphatic carbocycles. The average Bonchev–Trinajstić information content (AvgIpc) is 2.30. The second kappa shape index (κ2) is 4.42. The van der Waals surface area contributed by atoms with Gasteiger partial charge in [-0.3, -0.25) is 14.8 Å². The lowest BCUT2D eigenvalue weighted by molar-refractivity contribution is 0.565. The molecule has 0 atom stereocenters. The third kappa shape index (κ3) is 2.11. The van der Waals surface area contributed by atoms with E-state index in [0.29, 0.717) is 5.56 Å². The molecule has 0 saturated carbocycles. The van der Waals surface area contributed by atoms with Gasteiger partial charge in [0.15, 0.2) is 5.82 Å². The molecule has 2 rings (SSSR count). The van der Waals surface area contributed by atoms with E-state index in [1.165, 1.54) is 6.08 Å². The molecule has 0 fully saturated rings. The summed E-state index contributed by atoms with van der Waals surface area (Å²) in [5.41, 5.74) is -0.634. The van der Waals surface area contributed by atoms with Crippen LogP contribution in [0.1, 0.15) is 0 Å². The highest BCUT2D eigenvalue weighted by molar-refractivity contribution is 5.73. The van der Waals surface area contributed by atoms with Gasteiger partial charge in [-0.15, -0.1) is 4.99 Å². The zero-order chi connectivity index (χ0) is 12.3. The monoisotopic (exact) mass is 229 g/mol.